The van der Waals surface area contributed by atoms with Gasteiger partial charge in [-0.25, -0.2) is 9.59 Å². The van der Waals surface area contributed by atoms with Crippen molar-refractivity contribution in [1.82, 2.24) is 0 Å². The minimum absolute atomic E-state index is 0.0128. The van der Waals surface area contributed by atoms with Crippen LogP contribution in [0.3, 0.4) is 0 Å². The van der Waals surface area contributed by atoms with Crippen molar-refractivity contribution in [2.24, 2.45) is 0 Å². The van der Waals surface area contributed by atoms with Crippen LogP contribution in [-0.2, 0) is 33.3 Å². The maximum Gasteiger partial charge on any atom is 0.342 e. The van der Waals surface area contributed by atoms with Crippen molar-refractivity contribution in [3.8, 4) is 0 Å². The van der Waals surface area contributed by atoms with Gasteiger partial charge in [0.15, 0.2) is 0 Å². The molecule has 0 aromatic heterocycles. The van der Waals surface area contributed by atoms with E-state index in [9.17, 15) is 14.7 Å². The Balaban J connectivity index is 1.86. The molecule has 152 valence electrons. The Labute approximate surface area is 162 Å². The summed E-state index contributed by atoms with van der Waals surface area (Å²) in [6.07, 6.45) is 0.0916. The monoisotopic (exact) mass is 392 g/mol. The second kappa shape index (κ2) is 6.52. The summed E-state index contributed by atoms with van der Waals surface area (Å²) in [5, 5.41) is 10.8. The van der Waals surface area contributed by atoms with Gasteiger partial charge >= 0.3 is 11.9 Å². The van der Waals surface area contributed by atoms with Gasteiger partial charge in [-0.1, -0.05) is 6.58 Å². The van der Waals surface area contributed by atoms with Crippen molar-refractivity contribution in [3.63, 3.8) is 0 Å². The SMILES string of the molecule is C=C(C)C(=O)O[C@H]1C[C@@]23CO[C@@H](C[C@](C)(/C=C4/OC(=O)C(COC)=C41)O2)[C@@H]3O. The van der Waals surface area contributed by atoms with Crippen LogP contribution in [0.1, 0.15) is 26.7 Å². The molecule has 0 radical (unpaired) electrons. The maximum absolute atomic E-state index is 12.5. The average Bonchev–Trinajstić information content (AvgIpc) is 2.98. The van der Waals surface area contributed by atoms with E-state index in [4.69, 9.17) is 23.7 Å². The fourth-order valence-corrected chi connectivity index (χ4v) is 4.48. The van der Waals surface area contributed by atoms with Gasteiger partial charge in [0.2, 0.25) is 0 Å². The number of fused-ring (bicyclic) bond motifs is 3. The molecule has 5 atom stereocenters. The zero-order chi connectivity index (χ0) is 20.3. The zero-order valence-corrected chi connectivity index (χ0v) is 16.1. The molecule has 8 nitrogen and oxygen atoms in total. The lowest BCUT2D eigenvalue weighted by Crippen LogP contribution is -2.59. The van der Waals surface area contributed by atoms with E-state index in [2.05, 4.69) is 6.58 Å². The van der Waals surface area contributed by atoms with Crippen molar-refractivity contribution < 1.29 is 38.4 Å². The Kier molecular flexibility index (Phi) is 4.50. The van der Waals surface area contributed by atoms with Gasteiger partial charge in [0.05, 0.1) is 30.5 Å². The van der Waals surface area contributed by atoms with E-state index in [1.165, 1.54) is 7.11 Å². The van der Waals surface area contributed by atoms with Crippen LogP contribution in [0.4, 0.5) is 0 Å². The quantitative estimate of drug-likeness (QED) is 0.557. The Morgan fingerprint density at radius 2 is 2.18 bits per heavy atom. The van der Waals surface area contributed by atoms with Gasteiger partial charge in [-0.15, -0.1) is 0 Å². The molecule has 4 rings (SSSR count). The third kappa shape index (κ3) is 2.91. The molecule has 0 aliphatic carbocycles. The predicted molar refractivity (Wildman–Crippen MR) is 95.0 cm³/mol. The Bertz CT molecular complexity index is 811. The van der Waals surface area contributed by atoms with Crippen molar-refractivity contribution in [1.29, 1.82) is 0 Å². The highest BCUT2D eigenvalue weighted by atomic mass is 16.6. The van der Waals surface area contributed by atoms with Gasteiger partial charge in [0.25, 0.3) is 0 Å². The molecule has 28 heavy (non-hydrogen) atoms. The molecule has 0 saturated carbocycles. The first-order chi connectivity index (χ1) is 13.2. The number of carbonyl (C=O) groups excluding carboxylic acids is 2. The van der Waals surface area contributed by atoms with Crippen LogP contribution >= 0.6 is 0 Å². The molecule has 0 amide bonds. The van der Waals surface area contributed by atoms with E-state index in [1.807, 2.05) is 6.92 Å². The number of methoxy groups -OCH3 is 1. The van der Waals surface area contributed by atoms with Crippen LogP contribution in [0.2, 0.25) is 0 Å². The van der Waals surface area contributed by atoms with Crippen LogP contribution in [0.5, 0.6) is 0 Å². The molecule has 3 bridgehead atoms. The number of aliphatic hydroxyl groups is 1. The first-order valence-electron chi connectivity index (χ1n) is 9.22. The minimum Gasteiger partial charge on any atom is -0.454 e. The number of rotatable bonds is 4. The molecule has 0 aromatic rings. The molecular weight excluding hydrogens is 368 g/mol. The highest BCUT2D eigenvalue weighted by Crippen LogP contribution is 2.50. The maximum atomic E-state index is 12.5. The number of hydrogen-bond donors (Lipinski definition) is 1. The van der Waals surface area contributed by atoms with Crippen LogP contribution in [0, 0.1) is 0 Å². The molecule has 2 fully saturated rings. The Morgan fingerprint density at radius 3 is 2.86 bits per heavy atom. The number of esters is 2. The molecule has 4 aliphatic heterocycles. The minimum atomic E-state index is -1.06. The highest BCUT2D eigenvalue weighted by molar-refractivity contribution is 5.95. The molecule has 1 N–H and O–H groups in total. The van der Waals surface area contributed by atoms with Crippen molar-refractivity contribution in [2.45, 2.75) is 56.2 Å². The predicted octanol–water partition coefficient (Wildman–Crippen LogP) is 0.939. The third-order valence-electron chi connectivity index (χ3n) is 5.69. The summed E-state index contributed by atoms with van der Waals surface area (Å²) in [5.74, 6) is -0.850. The lowest BCUT2D eigenvalue weighted by Gasteiger charge is -2.47. The summed E-state index contributed by atoms with van der Waals surface area (Å²) >= 11 is 0. The zero-order valence-electron chi connectivity index (χ0n) is 16.1. The summed E-state index contributed by atoms with van der Waals surface area (Å²) in [4.78, 5) is 24.8. The smallest absolute Gasteiger partial charge is 0.342 e. The van der Waals surface area contributed by atoms with Gasteiger partial charge in [-0.05, 0) is 19.9 Å². The lowest BCUT2D eigenvalue weighted by molar-refractivity contribution is -0.207. The Hall–Kier alpha value is -2.00. The molecule has 8 heteroatoms. The van der Waals surface area contributed by atoms with Crippen LogP contribution in [-0.4, -0.2) is 66.9 Å². The first kappa shape index (κ1) is 19.3. The van der Waals surface area contributed by atoms with E-state index in [-0.39, 0.29) is 30.8 Å². The molecular formula is C20H24O8. The largest absolute Gasteiger partial charge is 0.454 e. The van der Waals surface area contributed by atoms with E-state index in [0.717, 1.165) is 0 Å². The van der Waals surface area contributed by atoms with Gasteiger partial charge in [0, 0.05) is 31.1 Å². The summed E-state index contributed by atoms with van der Waals surface area (Å²) < 4.78 is 28.4. The van der Waals surface area contributed by atoms with Crippen molar-refractivity contribution in [2.75, 3.05) is 20.3 Å². The van der Waals surface area contributed by atoms with Crippen LogP contribution < -0.4 is 0 Å². The van der Waals surface area contributed by atoms with Crippen LogP contribution in [0.15, 0.2) is 35.1 Å². The standard InChI is InChI=1S/C20H24O8/c1-10(2)17(22)26-13-7-20-9-25-14(16(20)21)6-19(3,28-20)5-12-15(13)11(8-24-4)18(23)27-12/h5,13-14,16,21H,1,6-9H2,2-4H3/b12-5+/t13-,14-,16-,19-,20-/m0/s1. The van der Waals surface area contributed by atoms with Gasteiger partial charge < -0.3 is 28.8 Å². The van der Waals surface area contributed by atoms with Crippen molar-refractivity contribution in [3.05, 3.63) is 35.1 Å². The van der Waals surface area contributed by atoms with Crippen LogP contribution in [0.25, 0.3) is 0 Å². The summed E-state index contributed by atoms with van der Waals surface area (Å²) in [7, 11) is 1.47. The molecule has 4 heterocycles. The summed E-state index contributed by atoms with van der Waals surface area (Å²) in [6.45, 7) is 7.20. The fraction of sp³-hybridized carbons (Fsp3) is 0.600. The fourth-order valence-electron chi connectivity index (χ4n) is 4.48. The number of hydrogen-bond acceptors (Lipinski definition) is 8. The van der Waals surface area contributed by atoms with Gasteiger partial charge in [-0.2, -0.15) is 0 Å². The lowest BCUT2D eigenvalue weighted by atomic mass is 9.77. The van der Waals surface area contributed by atoms with E-state index in [1.54, 1.807) is 13.0 Å². The summed E-state index contributed by atoms with van der Waals surface area (Å²) in [5.41, 5.74) is -0.894. The second-order valence-electron chi connectivity index (χ2n) is 8.08. The van der Waals surface area contributed by atoms with E-state index in [0.29, 0.717) is 17.8 Å². The third-order valence-corrected chi connectivity index (χ3v) is 5.69. The molecule has 2 saturated heterocycles. The summed E-state index contributed by atoms with van der Waals surface area (Å²) in [6, 6.07) is 0. The van der Waals surface area contributed by atoms with Crippen molar-refractivity contribution >= 4 is 11.9 Å². The number of aliphatic hydroxyl groups excluding tert-OH is 1. The van der Waals surface area contributed by atoms with E-state index < -0.39 is 41.5 Å². The molecule has 1 spiro atoms. The molecule has 4 aliphatic rings. The number of carbonyl (C=O) groups is 2. The molecule has 0 unspecified atom stereocenters. The number of ether oxygens (including phenoxy) is 5. The highest BCUT2D eigenvalue weighted by Gasteiger charge is 2.61. The first-order valence-corrected chi connectivity index (χ1v) is 9.22. The van der Waals surface area contributed by atoms with E-state index >= 15 is 0 Å². The Morgan fingerprint density at radius 1 is 1.43 bits per heavy atom. The average molecular weight is 392 g/mol. The second-order valence-corrected chi connectivity index (χ2v) is 8.08. The van der Waals surface area contributed by atoms with Gasteiger partial charge in [-0.3, -0.25) is 0 Å². The normalized spacial score (nSPS) is 40.8. The van der Waals surface area contributed by atoms with Gasteiger partial charge in [0.1, 0.15) is 23.6 Å². The molecule has 0 aromatic carbocycles. The topological polar surface area (TPSA) is 101 Å².